The second-order valence-corrected chi connectivity index (χ2v) is 6.43. The van der Waals surface area contributed by atoms with Gasteiger partial charge in [-0.15, -0.1) is 0 Å². The number of rotatable bonds is 2. The Kier molecular flexibility index (Phi) is 4.59. The molecule has 25 heavy (non-hydrogen) atoms. The fourth-order valence-corrected chi connectivity index (χ4v) is 3.51. The molecule has 0 bridgehead atoms. The summed E-state index contributed by atoms with van der Waals surface area (Å²) >= 11 is 0. The van der Waals surface area contributed by atoms with E-state index >= 15 is 0 Å². The second-order valence-electron chi connectivity index (χ2n) is 6.43. The van der Waals surface area contributed by atoms with E-state index in [1.54, 1.807) is 18.2 Å². The Labute approximate surface area is 142 Å². The number of halogens is 3. The lowest BCUT2D eigenvalue weighted by Crippen LogP contribution is -2.61. The lowest BCUT2D eigenvalue weighted by atomic mass is 9.87. The Balaban J connectivity index is 1.99. The summed E-state index contributed by atoms with van der Waals surface area (Å²) in [5, 5.41) is 24.6. The number of fused-ring (bicyclic) bond motifs is 1. The summed E-state index contributed by atoms with van der Waals surface area (Å²) in [5.41, 5.74) is -3.10. The Bertz CT molecular complexity index is 677. The molecule has 3 rings (SSSR count). The van der Waals surface area contributed by atoms with Crippen LogP contribution in [0.5, 0.6) is 0 Å². The van der Waals surface area contributed by atoms with Gasteiger partial charge >= 0.3 is 6.18 Å². The highest BCUT2D eigenvalue weighted by Crippen LogP contribution is 2.48. The first-order valence-corrected chi connectivity index (χ1v) is 8.20. The number of hydrazone groups is 1. The monoisotopic (exact) mass is 356 g/mol. The highest BCUT2D eigenvalue weighted by Gasteiger charge is 2.68. The summed E-state index contributed by atoms with van der Waals surface area (Å²) in [7, 11) is 0. The van der Waals surface area contributed by atoms with Gasteiger partial charge in [-0.05, 0) is 24.8 Å². The number of aliphatic hydroxyl groups excluding tert-OH is 1. The predicted molar refractivity (Wildman–Crippen MR) is 83.3 cm³/mol. The molecule has 136 valence electrons. The van der Waals surface area contributed by atoms with Crippen LogP contribution in [0.3, 0.4) is 0 Å². The SMILES string of the molecule is O=C([C@H](O)c1ccccc1)N1N=C2CCCCC[C@H]2[C@@]1(O)C(F)(F)F. The normalized spacial score (nSPS) is 28.1. The smallest absolute Gasteiger partial charge is 0.378 e. The zero-order valence-corrected chi connectivity index (χ0v) is 13.4. The maximum atomic E-state index is 13.7. The molecule has 3 atom stereocenters. The third-order valence-corrected chi connectivity index (χ3v) is 4.84. The highest BCUT2D eigenvalue weighted by molar-refractivity contribution is 5.94. The maximum Gasteiger partial charge on any atom is 0.439 e. The summed E-state index contributed by atoms with van der Waals surface area (Å²) in [6, 6.07) is 7.62. The van der Waals surface area contributed by atoms with Crippen LogP contribution >= 0.6 is 0 Å². The lowest BCUT2D eigenvalue weighted by molar-refractivity contribution is -0.318. The van der Waals surface area contributed by atoms with E-state index in [-0.39, 0.29) is 22.7 Å². The topological polar surface area (TPSA) is 73.1 Å². The first-order chi connectivity index (χ1) is 11.8. The molecule has 0 radical (unpaired) electrons. The minimum Gasteiger partial charge on any atom is -0.378 e. The molecular formula is C17H19F3N2O3. The van der Waals surface area contributed by atoms with Gasteiger partial charge in [0.25, 0.3) is 11.6 Å². The summed E-state index contributed by atoms with van der Waals surface area (Å²) in [4.78, 5) is 12.5. The Morgan fingerprint density at radius 3 is 2.56 bits per heavy atom. The second kappa shape index (κ2) is 6.42. The summed E-state index contributed by atoms with van der Waals surface area (Å²) < 4.78 is 41.2. The van der Waals surface area contributed by atoms with Gasteiger partial charge in [0.1, 0.15) is 0 Å². The number of benzene rings is 1. The minimum atomic E-state index is -5.08. The van der Waals surface area contributed by atoms with E-state index in [1.807, 2.05) is 0 Å². The fraction of sp³-hybridized carbons (Fsp3) is 0.529. The zero-order valence-electron chi connectivity index (χ0n) is 13.4. The molecule has 5 nitrogen and oxygen atoms in total. The maximum absolute atomic E-state index is 13.7. The first kappa shape index (κ1) is 17.9. The van der Waals surface area contributed by atoms with E-state index in [9.17, 15) is 28.2 Å². The molecular weight excluding hydrogens is 337 g/mol. The lowest BCUT2D eigenvalue weighted by Gasteiger charge is -2.37. The number of nitrogens with zero attached hydrogens (tertiary/aromatic N) is 2. The van der Waals surface area contributed by atoms with Crippen molar-refractivity contribution in [2.45, 2.75) is 50.1 Å². The molecule has 1 saturated carbocycles. The molecule has 1 amide bonds. The van der Waals surface area contributed by atoms with Crippen LogP contribution < -0.4 is 0 Å². The van der Waals surface area contributed by atoms with Gasteiger partial charge in [0.2, 0.25) is 0 Å². The van der Waals surface area contributed by atoms with Crippen LogP contribution in [0.15, 0.2) is 35.4 Å². The highest BCUT2D eigenvalue weighted by atomic mass is 19.4. The molecule has 2 N–H and O–H groups in total. The molecule has 0 spiro atoms. The van der Waals surface area contributed by atoms with Crippen molar-refractivity contribution in [2.75, 3.05) is 0 Å². The average molecular weight is 356 g/mol. The fourth-order valence-electron chi connectivity index (χ4n) is 3.51. The molecule has 1 aromatic carbocycles. The van der Waals surface area contributed by atoms with Crippen molar-refractivity contribution in [1.29, 1.82) is 0 Å². The van der Waals surface area contributed by atoms with Crippen LogP contribution in [0, 0.1) is 5.92 Å². The van der Waals surface area contributed by atoms with Crippen molar-refractivity contribution in [2.24, 2.45) is 11.0 Å². The molecule has 0 saturated heterocycles. The van der Waals surface area contributed by atoms with Gasteiger partial charge in [-0.3, -0.25) is 4.79 Å². The zero-order chi connectivity index (χ0) is 18.2. The van der Waals surface area contributed by atoms with Gasteiger partial charge in [0, 0.05) is 5.71 Å². The van der Waals surface area contributed by atoms with Crippen LogP contribution in [0.1, 0.15) is 43.8 Å². The molecule has 1 aliphatic heterocycles. The van der Waals surface area contributed by atoms with Crippen molar-refractivity contribution in [3.8, 4) is 0 Å². The Morgan fingerprint density at radius 1 is 1.24 bits per heavy atom. The number of alkyl halides is 3. The van der Waals surface area contributed by atoms with Crippen LogP contribution in [0.2, 0.25) is 0 Å². The largest absolute Gasteiger partial charge is 0.439 e. The van der Waals surface area contributed by atoms with Crippen molar-refractivity contribution in [1.82, 2.24) is 5.01 Å². The minimum absolute atomic E-state index is 0.0516. The van der Waals surface area contributed by atoms with Crippen molar-refractivity contribution < 1.29 is 28.2 Å². The standard InChI is InChI=1S/C17H19F3N2O3/c18-17(19,20)16(25)12-9-5-2-6-10-13(12)21-22(16)15(24)14(23)11-7-3-1-4-8-11/h1,3-4,7-8,12,14,23,25H,2,5-6,9-10H2/t12-,14-,16-/m1/s1. The molecule has 8 heteroatoms. The quantitative estimate of drug-likeness (QED) is 0.856. The van der Waals surface area contributed by atoms with E-state index in [2.05, 4.69) is 5.10 Å². The number of carbonyl (C=O) groups excluding carboxylic acids is 1. The third-order valence-electron chi connectivity index (χ3n) is 4.84. The molecule has 2 aliphatic rings. The van der Waals surface area contributed by atoms with E-state index in [0.717, 1.165) is 6.42 Å². The van der Waals surface area contributed by atoms with Crippen molar-refractivity contribution in [3.05, 3.63) is 35.9 Å². The van der Waals surface area contributed by atoms with E-state index in [4.69, 9.17) is 0 Å². The average Bonchev–Trinajstić information content (AvgIpc) is 2.74. The number of aliphatic hydroxyl groups is 2. The number of hydrogen-bond acceptors (Lipinski definition) is 4. The first-order valence-electron chi connectivity index (χ1n) is 8.20. The van der Waals surface area contributed by atoms with Gasteiger partial charge in [-0.25, -0.2) is 0 Å². The van der Waals surface area contributed by atoms with Gasteiger partial charge in [0.05, 0.1) is 5.92 Å². The van der Waals surface area contributed by atoms with Crippen molar-refractivity contribution >= 4 is 11.6 Å². The summed E-state index contributed by atoms with van der Waals surface area (Å²) in [6.07, 6.45) is -4.59. The molecule has 1 aliphatic carbocycles. The molecule has 1 aromatic rings. The summed E-state index contributed by atoms with van der Waals surface area (Å²) in [5.74, 6) is -2.58. The van der Waals surface area contributed by atoms with Gasteiger partial charge in [-0.2, -0.15) is 23.3 Å². The molecule has 0 aromatic heterocycles. The molecule has 1 fully saturated rings. The van der Waals surface area contributed by atoms with E-state index < -0.39 is 29.8 Å². The number of carbonyl (C=O) groups is 1. The number of hydrogen-bond donors (Lipinski definition) is 2. The predicted octanol–water partition coefficient (Wildman–Crippen LogP) is 2.75. The molecule has 1 heterocycles. The van der Waals surface area contributed by atoms with Crippen LogP contribution in [-0.4, -0.2) is 38.7 Å². The van der Waals surface area contributed by atoms with Crippen LogP contribution in [-0.2, 0) is 4.79 Å². The summed E-state index contributed by atoms with van der Waals surface area (Å²) in [6.45, 7) is 0. The van der Waals surface area contributed by atoms with E-state index in [1.165, 1.54) is 12.1 Å². The Hall–Kier alpha value is -1.93. The third kappa shape index (κ3) is 2.93. The Morgan fingerprint density at radius 2 is 1.92 bits per heavy atom. The van der Waals surface area contributed by atoms with Crippen LogP contribution in [0.25, 0.3) is 0 Å². The van der Waals surface area contributed by atoms with Gasteiger partial charge < -0.3 is 10.2 Å². The van der Waals surface area contributed by atoms with E-state index in [0.29, 0.717) is 19.3 Å². The van der Waals surface area contributed by atoms with Gasteiger partial charge in [-0.1, -0.05) is 43.2 Å². The molecule has 0 unspecified atom stereocenters. The van der Waals surface area contributed by atoms with Gasteiger partial charge in [0.15, 0.2) is 6.10 Å². The van der Waals surface area contributed by atoms with Crippen molar-refractivity contribution in [3.63, 3.8) is 0 Å². The van der Waals surface area contributed by atoms with Crippen LogP contribution in [0.4, 0.5) is 13.2 Å². The number of amides is 1.